The van der Waals surface area contributed by atoms with Crippen LogP contribution in [0.3, 0.4) is 0 Å². The highest BCUT2D eigenvalue weighted by atomic mass is 16.6. The quantitative estimate of drug-likeness (QED) is 0.423. The number of phenolic OH excluding ortho intramolecular Hbond substituents is 1. The van der Waals surface area contributed by atoms with Crippen LogP contribution in [0.25, 0.3) is 0 Å². The number of benzene rings is 3. The number of nitrogens with zero attached hydrogens (tertiary/aromatic N) is 1. The maximum Gasteiger partial charge on any atom is 0.270 e. The van der Waals surface area contributed by atoms with E-state index in [1.54, 1.807) is 0 Å². The third kappa shape index (κ3) is 6.03. The van der Waals surface area contributed by atoms with Crippen LogP contribution in [0.1, 0.15) is 22.3 Å². The number of aromatic hydroxyl groups is 1. The molecule has 8 nitrogen and oxygen atoms in total. The van der Waals surface area contributed by atoms with Gasteiger partial charge in [-0.2, -0.15) is 0 Å². The summed E-state index contributed by atoms with van der Waals surface area (Å²) in [4.78, 5) is 11.2. The van der Waals surface area contributed by atoms with Crippen molar-refractivity contribution in [3.8, 4) is 17.2 Å². The molecule has 3 aromatic carbocycles. The van der Waals surface area contributed by atoms with Crippen LogP contribution in [0.15, 0.2) is 60.7 Å². The van der Waals surface area contributed by atoms with Gasteiger partial charge >= 0.3 is 0 Å². The number of hydrogen-bond donors (Lipinski definition) is 1. The molecule has 0 amide bonds. The van der Waals surface area contributed by atoms with Gasteiger partial charge in [0.15, 0.2) is 0 Å². The van der Waals surface area contributed by atoms with Crippen molar-refractivity contribution in [3.05, 3.63) is 93.0 Å². The number of nitro groups is 1. The molecule has 4 rings (SSSR count). The van der Waals surface area contributed by atoms with Gasteiger partial charge in [-0.15, -0.1) is 0 Å². The second-order valence-electron chi connectivity index (χ2n) is 7.86. The van der Waals surface area contributed by atoms with Crippen molar-refractivity contribution in [2.45, 2.75) is 12.8 Å². The number of fused-ring (bicyclic) bond motifs is 4. The largest absolute Gasteiger partial charge is 0.507 e. The summed E-state index contributed by atoms with van der Waals surface area (Å²) in [6.45, 7) is 2.39. The molecule has 0 fully saturated rings. The molecular formula is C26H27NO7. The second-order valence-corrected chi connectivity index (χ2v) is 7.86. The Morgan fingerprint density at radius 1 is 0.676 bits per heavy atom. The van der Waals surface area contributed by atoms with Gasteiger partial charge in [-0.05, 0) is 23.3 Å². The third-order valence-corrected chi connectivity index (χ3v) is 5.51. The summed E-state index contributed by atoms with van der Waals surface area (Å²) in [5, 5.41) is 22.7. The van der Waals surface area contributed by atoms with E-state index >= 15 is 0 Å². The van der Waals surface area contributed by atoms with Gasteiger partial charge < -0.3 is 24.1 Å². The highest BCUT2D eigenvalue weighted by Gasteiger charge is 2.19. The van der Waals surface area contributed by atoms with Crippen LogP contribution in [-0.4, -0.2) is 49.7 Å². The number of para-hydroxylation sites is 2. The van der Waals surface area contributed by atoms with E-state index in [1.165, 1.54) is 12.1 Å². The zero-order valence-corrected chi connectivity index (χ0v) is 18.8. The van der Waals surface area contributed by atoms with Gasteiger partial charge in [-0.25, -0.2) is 0 Å². The smallest absolute Gasteiger partial charge is 0.270 e. The van der Waals surface area contributed by atoms with Crippen LogP contribution in [0.4, 0.5) is 5.69 Å². The Morgan fingerprint density at radius 2 is 1.12 bits per heavy atom. The predicted molar refractivity (Wildman–Crippen MR) is 126 cm³/mol. The van der Waals surface area contributed by atoms with Crippen LogP contribution in [-0.2, 0) is 22.3 Å². The number of ether oxygens (including phenoxy) is 4. The van der Waals surface area contributed by atoms with Gasteiger partial charge in [0, 0.05) is 36.1 Å². The Hall–Kier alpha value is -3.62. The standard InChI is InChI=1S/C26H27NO7/c28-26-21-15-19-5-1-3-7-24(19)33-13-11-31-9-10-32-12-14-34-25-8-4-2-6-20(25)16-22(26)18-23(17-21)27(29)30/h1-8,17-18,28H,9-16H2. The van der Waals surface area contributed by atoms with E-state index in [9.17, 15) is 15.2 Å². The summed E-state index contributed by atoms with van der Waals surface area (Å²) in [5.41, 5.74) is 2.47. The van der Waals surface area contributed by atoms with Gasteiger partial charge in [0.1, 0.15) is 30.5 Å². The van der Waals surface area contributed by atoms with Crippen molar-refractivity contribution in [1.82, 2.24) is 0 Å². The lowest BCUT2D eigenvalue weighted by atomic mass is 9.96. The van der Waals surface area contributed by atoms with E-state index in [4.69, 9.17) is 18.9 Å². The van der Waals surface area contributed by atoms with Gasteiger partial charge in [0.2, 0.25) is 0 Å². The zero-order chi connectivity index (χ0) is 23.8. The Kier molecular flexibility index (Phi) is 7.95. The predicted octanol–water partition coefficient (Wildman–Crippen LogP) is 4.29. The molecule has 3 aromatic rings. The third-order valence-electron chi connectivity index (χ3n) is 5.51. The first kappa shape index (κ1) is 23.5. The summed E-state index contributed by atoms with van der Waals surface area (Å²) < 4.78 is 22.9. The topological polar surface area (TPSA) is 100 Å². The maximum absolute atomic E-state index is 11.7. The van der Waals surface area contributed by atoms with Gasteiger partial charge in [-0.3, -0.25) is 10.1 Å². The number of hydrogen-bond acceptors (Lipinski definition) is 7. The molecule has 0 atom stereocenters. The first-order valence-electron chi connectivity index (χ1n) is 11.2. The molecule has 0 spiro atoms. The van der Waals surface area contributed by atoms with Crippen molar-refractivity contribution in [2.24, 2.45) is 0 Å². The van der Waals surface area contributed by atoms with Crippen molar-refractivity contribution < 1.29 is 29.0 Å². The molecule has 1 heterocycles. The molecule has 0 unspecified atom stereocenters. The number of nitro benzene ring substituents is 1. The molecule has 1 aliphatic heterocycles. The SMILES string of the molecule is O=[N+]([O-])c1cc2c(O)c(c1)Cc1ccccc1OCCOCCOCCOc1ccccc1C2. The fraction of sp³-hybridized carbons (Fsp3) is 0.308. The Bertz CT molecular complexity index is 1050. The molecule has 8 heteroatoms. The highest BCUT2D eigenvalue weighted by Crippen LogP contribution is 2.35. The average molecular weight is 466 g/mol. The Morgan fingerprint density at radius 3 is 1.59 bits per heavy atom. The molecule has 1 N–H and O–H groups in total. The first-order valence-corrected chi connectivity index (χ1v) is 11.2. The lowest BCUT2D eigenvalue weighted by molar-refractivity contribution is -0.385. The lowest BCUT2D eigenvalue weighted by Gasteiger charge is -2.15. The van der Waals surface area contributed by atoms with E-state index in [0.29, 0.717) is 62.3 Å². The summed E-state index contributed by atoms with van der Waals surface area (Å²) in [7, 11) is 0. The molecule has 178 valence electrons. The normalized spacial score (nSPS) is 15.3. The number of non-ortho nitro benzene ring substituents is 1. The van der Waals surface area contributed by atoms with Crippen LogP contribution in [0.5, 0.6) is 17.2 Å². The van der Waals surface area contributed by atoms with Crippen LogP contribution < -0.4 is 9.47 Å². The summed E-state index contributed by atoms with van der Waals surface area (Å²) >= 11 is 0. The zero-order valence-electron chi connectivity index (χ0n) is 18.8. The Labute approximate surface area is 197 Å². The number of rotatable bonds is 1. The van der Waals surface area contributed by atoms with Crippen molar-refractivity contribution >= 4 is 5.69 Å². The average Bonchev–Trinajstić information content (AvgIpc) is 2.83. The molecule has 0 aliphatic carbocycles. The van der Waals surface area contributed by atoms with E-state index < -0.39 is 4.92 Å². The van der Waals surface area contributed by atoms with Crippen LogP contribution in [0.2, 0.25) is 0 Å². The molecule has 34 heavy (non-hydrogen) atoms. The monoisotopic (exact) mass is 465 g/mol. The minimum Gasteiger partial charge on any atom is -0.507 e. The van der Waals surface area contributed by atoms with Gasteiger partial charge in [0.25, 0.3) is 5.69 Å². The van der Waals surface area contributed by atoms with E-state index in [0.717, 1.165) is 11.1 Å². The number of phenols is 1. The summed E-state index contributed by atoms with van der Waals surface area (Å²) in [5.74, 6) is 1.32. The molecule has 0 aromatic heterocycles. The highest BCUT2D eigenvalue weighted by molar-refractivity contribution is 5.54. The van der Waals surface area contributed by atoms with E-state index in [-0.39, 0.29) is 24.3 Å². The van der Waals surface area contributed by atoms with E-state index in [1.807, 2.05) is 48.5 Å². The Balaban J connectivity index is 1.72. The van der Waals surface area contributed by atoms with Crippen molar-refractivity contribution in [1.29, 1.82) is 0 Å². The van der Waals surface area contributed by atoms with Gasteiger partial charge in [-0.1, -0.05) is 36.4 Å². The van der Waals surface area contributed by atoms with Gasteiger partial charge in [0.05, 0.1) is 31.4 Å². The molecule has 0 saturated carbocycles. The van der Waals surface area contributed by atoms with Crippen molar-refractivity contribution in [3.63, 3.8) is 0 Å². The van der Waals surface area contributed by atoms with Crippen LogP contribution >= 0.6 is 0 Å². The molecule has 2 bridgehead atoms. The minimum absolute atomic E-state index is 0.0276. The second kappa shape index (κ2) is 11.5. The minimum atomic E-state index is -0.443. The molecule has 1 aliphatic rings. The summed E-state index contributed by atoms with van der Waals surface area (Å²) in [6.07, 6.45) is 0.563. The first-order chi connectivity index (χ1) is 16.6. The molecule has 0 saturated heterocycles. The fourth-order valence-electron chi connectivity index (χ4n) is 3.85. The van der Waals surface area contributed by atoms with E-state index in [2.05, 4.69) is 0 Å². The van der Waals surface area contributed by atoms with Crippen molar-refractivity contribution in [2.75, 3.05) is 39.6 Å². The van der Waals surface area contributed by atoms with Crippen LogP contribution in [0, 0.1) is 10.1 Å². The molecule has 0 radical (unpaired) electrons. The lowest BCUT2D eigenvalue weighted by Crippen LogP contribution is -2.14. The maximum atomic E-state index is 11.7. The fourth-order valence-corrected chi connectivity index (χ4v) is 3.85. The summed E-state index contributed by atoms with van der Waals surface area (Å²) in [6, 6.07) is 17.7. The molecular weight excluding hydrogens is 438 g/mol.